The Morgan fingerprint density at radius 3 is 2.21 bits per heavy atom. The SMILES string of the molecule is O=C1c2ccccc2S(=O)(=O)N1N1CCCCCC1. The van der Waals surface area contributed by atoms with Gasteiger partial charge in [-0.2, -0.15) is 12.8 Å². The molecule has 2 heterocycles. The van der Waals surface area contributed by atoms with Crippen LogP contribution in [0.15, 0.2) is 29.2 Å². The average Bonchev–Trinajstić information content (AvgIpc) is 2.60. The maximum Gasteiger partial charge on any atom is 0.284 e. The Hall–Kier alpha value is -1.40. The van der Waals surface area contributed by atoms with E-state index in [-0.39, 0.29) is 10.5 Å². The molecule has 0 aliphatic carbocycles. The number of amides is 1. The Kier molecular flexibility index (Phi) is 3.06. The van der Waals surface area contributed by atoms with E-state index in [2.05, 4.69) is 0 Å². The molecule has 0 aromatic heterocycles. The van der Waals surface area contributed by atoms with Gasteiger partial charge in [-0.1, -0.05) is 25.0 Å². The Morgan fingerprint density at radius 2 is 1.58 bits per heavy atom. The van der Waals surface area contributed by atoms with Crippen LogP contribution in [0.1, 0.15) is 36.0 Å². The molecule has 1 aromatic rings. The summed E-state index contributed by atoms with van der Waals surface area (Å²) in [6, 6.07) is 6.42. The number of benzene rings is 1. The van der Waals surface area contributed by atoms with E-state index in [4.69, 9.17) is 0 Å². The lowest BCUT2D eigenvalue weighted by Crippen LogP contribution is -2.46. The van der Waals surface area contributed by atoms with Crippen molar-refractivity contribution in [2.24, 2.45) is 0 Å². The van der Waals surface area contributed by atoms with E-state index in [1.54, 1.807) is 23.2 Å². The van der Waals surface area contributed by atoms with E-state index in [9.17, 15) is 13.2 Å². The van der Waals surface area contributed by atoms with Crippen LogP contribution in [0.2, 0.25) is 0 Å². The van der Waals surface area contributed by atoms with Gasteiger partial charge in [0.05, 0.1) is 5.56 Å². The summed E-state index contributed by atoms with van der Waals surface area (Å²) in [5, 5.41) is 1.69. The highest BCUT2D eigenvalue weighted by Gasteiger charge is 2.44. The maximum atomic E-state index is 12.5. The monoisotopic (exact) mass is 280 g/mol. The van der Waals surface area contributed by atoms with Crippen molar-refractivity contribution in [2.75, 3.05) is 13.1 Å². The third-order valence-electron chi connectivity index (χ3n) is 3.64. The number of fused-ring (bicyclic) bond motifs is 1. The molecular formula is C13H16N2O3S. The molecule has 1 amide bonds. The second kappa shape index (κ2) is 4.61. The zero-order chi connectivity index (χ0) is 13.5. The Bertz CT molecular complexity index is 604. The molecule has 5 nitrogen and oxygen atoms in total. The summed E-state index contributed by atoms with van der Waals surface area (Å²) in [7, 11) is -3.70. The van der Waals surface area contributed by atoms with Crippen molar-refractivity contribution in [1.29, 1.82) is 0 Å². The lowest BCUT2D eigenvalue weighted by Gasteiger charge is -2.28. The van der Waals surface area contributed by atoms with Crippen LogP contribution in [0, 0.1) is 0 Å². The molecule has 1 saturated heterocycles. The number of hydrogen-bond acceptors (Lipinski definition) is 4. The molecular weight excluding hydrogens is 264 g/mol. The predicted molar refractivity (Wildman–Crippen MR) is 69.8 cm³/mol. The number of hydrazine groups is 1. The van der Waals surface area contributed by atoms with Gasteiger partial charge in [0.15, 0.2) is 0 Å². The van der Waals surface area contributed by atoms with Gasteiger partial charge in [-0.05, 0) is 25.0 Å². The van der Waals surface area contributed by atoms with Crippen LogP contribution in [0.25, 0.3) is 0 Å². The number of carbonyl (C=O) groups is 1. The minimum absolute atomic E-state index is 0.129. The standard InChI is InChI=1S/C13H16N2O3S/c16-13-11-7-3-4-8-12(11)19(17,18)15(13)14-9-5-1-2-6-10-14/h3-4,7-8H,1-2,5-6,9-10H2. The largest absolute Gasteiger partial charge is 0.284 e. The lowest BCUT2D eigenvalue weighted by atomic mass is 10.2. The minimum Gasteiger partial charge on any atom is -0.266 e. The summed E-state index contributed by atoms with van der Waals surface area (Å²) >= 11 is 0. The van der Waals surface area contributed by atoms with Gasteiger partial charge in [0.25, 0.3) is 15.9 Å². The molecule has 102 valence electrons. The van der Waals surface area contributed by atoms with Crippen molar-refractivity contribution in [3.8, 4) is 0 Å². The van der Waals surface area contributed by atoms with Gasteiger partial charge < -0.3 is 0 Å². The van der Waals surface area contributed by atoms with Gasteiger partial charge in [0.2, 0.25) is 0 Å². The number of rotatable bonds is 1. The number of hydrogen-bond donors (Lipinski definition) is 0. The van der Waals surface area contributed by atoms with E-state index in [0.717, 1.165) is 30.1 Å². The quantitative estimate of drug-likeness (QED) is 0.784. The van der Waals surface area contributed by atoms with E-state index < -0.39 is 15.9 Å². The van der Waals surface area contributed by atoms with Crippen LogP contribution in [-0.2, 0) is 10.0 Å². The highest BCUT2D eigenvalue weighted by molar-refractivity contribution is 7.90. The smallest absolute Gasteiger partial charge is 0.266 e. The molecule has 6 heteroatoms. The molecule has 0 atom stereocenters. The van der Waals surface area contributed by atoms with Crippen molar-refractivity contribution in [1.82, 2.24) is 9.42 Å². The molecule has 19 heavy (non-hydrogen) atoms. The van der Waals surface area contributed by atoms with Gasteiger partial charge in [-0.15, -0.1) is 0 Å². The van der Waals surface area contributed by atoms with Gasteiger partial charge in [0, 0.05) is 13.1 Å². The summed E-state index contributed by atoms with van der Waals surface area (Å²) in [5.41, 5.74) is 0.284. The van der Waals surface area contributed by atoms with E-state index in [1.165, 1.54) is 6.07 Å². The second-order valence-corrected chi connectivity index (χ2v) is 6.65. The zero-order valence-electron chi connectivity index (χ0n) is 10.6. The van der Waals surface area contributed by atoms with Crippen molar-refractivity contribution >= 4 is 15.9 Å². The fourth-order valence-electron chi connectivity index (χ4n) is 2.69. The molecule has 0 radical (unpaired) electrons. The van der Waals surface area contributed by atoms with Gasteiger partial charge >= 0.3 is 0 Å². The Morgan fingerprint density at radius 1 is 0.947 bits per heavy atom. The molecule has 0 N–H and O–H groups in total. The summed E-state index contributed by atoms with van der Waals surface area (Å²) in [4.78, 5) is 12.5. The highest BCUT2D eigenvalue weighted by atomic mass is 32.2. The van der Waals surface area contributed by atoms with E-state index >= 15 is 0 Å². The van der Waals surface area contributed by atoms with Crippen LogP contribution < -0.4 is 0 Å². The first-order chi connectivity index (χ1) is 9.12. The fraction of sp³-hybridized carbons (Fsp3) is 0.462. The van der Waals surface area contributed by atoms with Crippen LogP contribution in [0.4, 0.5) is 0 Å². The van der Waals surface area contributed by atoms with Crippen molar-refractivity contribution < 1.29 is 13.2 Å². The molecule has 0 saturated carbocycles. The molecule has 0 unspecified atom stereocenters. The van der Waals surface area contributed by atoms with Crippen molar-refractivity contribution in [3.63, 3.8) is 0 Å². The Labute approximate surface area is 112 Å². The molecule has 2 aliphatic rings. The second-order valence-electron chi connectivity index (χ2n) is 4.92. The molecule has 0 spiro atoms. The minimum atomic E-state index is -3.70. The third-order valence-corrected chi connectivity index (χ3v) is 5.40. The molecule has 2 aliphatic heterocycles. The number of carbonyl (C=O) groups excluding carboxylic acids is 1. The number of sulfonamides is 1. The fourth-order valence-corrected chi connectivity index (χ4v) is 4.34. The summed E-state index contributed by atoms with van der Waals surface area (Å²) in [6.07, 6.45) is 4.03. The normalized spacial score (nSPS) is 23.2. The zero-order valence-corrected chi connectivity index (χ0v) is 11.4. The molecule has 3 rings (SSSR count). The molecule has 0 bridgehead atoms. The van der Waals surface area contributed by atoms with Crippen LogP contribution >= 0.6 is 0 Å². The Balaban J connectivity index is 2.02. The van der Waals surface area contributed by atoms with Crippen molar-refractivity contribution in [3.05, 3.63) is 29.8 Å². The van der Waals surface area contributed by atoms with E-state index in [0.29, 0.717) is 13.1 Å². The lowest BCUT2D eigenvalue weighted by molar-refractivity contribution is 0.0421. The first-order valence-corrected chi connectivity index (χ1v) is 8.00. The topological polar surface area (TPSA) is 57.7 Å². The summed E-state index contributed by atoms with van der Waals surface area (Å²) < 4.78 is 25.9. The summed E-state index contributed by atoms with van der Waals surface area (Å²) in [5.74, 6) is -0.419. The highest BCUT2D eigenvalue weighted by Crippen LogP contribution is 2.32. The first kappa shape index (κ1) is 12.6. The summed E-state index contributed by atoms with van der Waals surface area (Å²) in [6.45, 7) is 1.25. The first-order valence-electron chi connectivity index (χ1n) is 6.56. The average molecular weight is 280 g/mol. The third kappa shape index (κ3) is 1.95. The maximum absolute atomic E-state index is 12.5. The van der Waals surface area contributed by atoms with Crippen LogP contribution in [0.3, 0.4) is 0 Å². The van der Waals surface area contributed by atoms with Crippen LogP contribution in [-0.4, -0.2) is 36.8 Å². The van der Waals surface area contributed by atoms with Gasteiger partial charge in [0.1, 0.15) is 4.90 Å². The molecule has 1 fully saturated rings. The number of nitrogens with zero attached hydrogens (tertiary/aromatic N) is 2. The predicted octanol–water partition coefficient (Wildman–Crippen LogP) is 1.62. The van der Waals surface area contributed by atoms with Crippen LogP contribution in [0.5, 0.6) is 0 Å². The van der Waals surface area contributed by atoms with Crippen molar-refractivity contribution in [2.45, 2.75) is 30.6 Å². The van der Waals surface area contributed by atoms with Gasteiger partial charge in [-0.3, -0.25) is 4.79 Å². The molecule has 1 aromatic carbocycles. The van der Waals surface area contributed by atoms with E-state index in [1.807, 2.05) is 0 Å². The van der Waals surface area contributed by atoms with Gasteiger partial charge in [-0.25, -0.2) is 5.01 Å².